The fourth-order valence-corrected chi connectivity index (χ4v) is 3.18. The molecule has 4 N–H and O–H groups in total. The largest absolute Gasteiger partial charge is 0.492 e. The molecule has 1 aromatic heterocycles. The number of hydrogen-bond acceptors (Lipinski definition) is 5. The van der Waals surface area contributed by atoms with Crippen molar-refractivity contribution in [3.8, 4) is 11.8 Å². The molecule has 8 heteroatoms. The van der Waals surface area contributed by atoms with Crippen LogP contribution >= 0.6 is 0 Å². The Labute approximate surface area is 125 Å². The van der Waals surface area contributed by atoms with E-state index in [-0.39, 0.29) is 15.3 Å². The Bertz CT molecular complexity index is 963. The van der Waals surface area contributed by atoms with Crippen molar-refractivity contribution in [3.63, 3.8) is 0 Å². The predicted octanol–water partition coefficient (Wildman–Crippen LogP) is 2.09. The number of aromatic nitrogens is 1. The third-order valence-electron chi connectivity index (χ3n) is 3.21. The summed E-state index contributed by atoms with van der Waals surface area (Å²) in [4.78, 5) is -0.00391. The van der Waals surface area contributed by atoms with Gasteiger partial charge in [0.25, 0.3) is 15.9 Å². The van der Waals surface area contributed by atoms with Gasteiger partial charge < -0.3 is 15.4 Å². The summed E-state index contributed by atoms with van der Waals surface area (Å²) in [6, 6.07) is 12.8. The first-order valence-electron chi connectivity index (χ1n) is 6.23. The summed E-state index contributed by atoms with van der Waals surface area (Å²) in [7, 11) is -3.98. The minimum atomic E-state index is -3.98. The van der Waals surface area contributed by atoms with Gasteiger partial charge in [0.05, 0.1) is 4.90 Å². The molecule has 0 saturated carbocycles. The van der Waals surface area contributed by atoms with Gasteiger partial charge in [0, 0.05) is 6.07 Å². The molecule has 0 radical (unpaired) electrons. The van der Waals surface area contributed by atoms with Crippen molar-refractivity contribution in [2.75, 3.05) is 4.72 Å². The number of anilines is 1. The van der Waals surface area contributed by atoms with Crippen LogP contribution in [0.5, 0.6) is 11.8 Å². The molecule has 0 bridgehead atoms. The molecule has 114 valence electrons. The molecule has 3 rings (SSSR count). The van der Waals surface area contributed by atoms with Crippen LogP contribution < -0.4 is 4.72 Å². The molecular formula is C14H12N2O5S. The quantitative estimate of drug-likeness (QED) is 0.552. The highest BCUT2D eigenvalue weighted by atomic mass is 32.2. The minimum Gasteiger partial charge on any atom is -0.492 e. The van der Waals surface area contributed by atoms with Crippen LogP contribution in [-0.4, -0.2) is 28.6 Å². The van der Waals surface area contributed by atoms with Crippen LogP contribution in [0.15, 0.2) is 53.4 Å². The van der Waals surface area contributed by atoms with Crippen LogP contribution in [0, 0.1) is 0 Å². The lowest BCUT2D eigenvalue weighted by atomic mass is 10.1. The Morgan fingerprint density at radius 1 is 0.955 bits per heavy atom. The van der Waals surface area contributed by atoms with Crippen molar-refractivity contribution in [2.24, 2.45) is 0 Å². The Balaban J connectivity index is 2.02. The molecule has 0 aliphatic heterocycles. The van der Waals surface area contributed by atoms with E-state index in [4.69, 9.17) is 0 Å². The van der Waals surface area contributed by atoms with Crippen LogP contribution in [0.2, 0.25) is 0 Å². The van der Waals surface area contributed by atoms with Gasteiger partial charge in [-0.3, -0.25) is 4.72 Å². The second-order valence-corrected chi connectivity index (χ2v) is 6.35. The maximum Gasteiger partial charge on any atom is 0.262 e. The number of benzene rings is 2. The Hall–Kier alpha value is -2.87. The molecule has 0 fully saturated rings. The summed E-state index contributed by atoms with van der Waals surface area (Å²) in [5.74, 6) is -1.49. The number of nitrogens with zero attached hydrogens (tertiary/aromatic N) is 1. The molecule has 0 aliphatic rings. The van der Waals surface area contributed by atoms with Gasteiger partial charge in [0.15, 0.2) is 0 Å². The van der Waals surface area contributed by atoms with Gasteiger partial charge in [0.2, 0.25) is 5.88 Å². The number of hydrogen-bond donors (Lipinski definition) is 4. The van der Waals surface area contributed by atoms with Gasteiger partial charge in [-0.15, -0.1) is 4.73 Å². The molecule has 0 unspecified atom stereocenters. The molecule has 0 spiro atoms. The van der Waals surface area contributed by atoms with Gasteiger partial charge in [-0.05, 0) is 22.9 Å². The van der Waals surface area contributed by atoms with Crippen LogP contribution in [0.1, 0.15) is 0 Å². The molecule has 1 heterocycles. The maximum absolute atomic E-state index is 12.3. The average molecular weight is 320 g/mol. The second kappa shape index (κ2) is 4.85. The fourth-order valence-electron chi connectivity index (χ4n) is 2.09. The summed E-state index contributed by atoms with van der Waals surface area (Å²) >= 11 is 0. The smallest absolute Gasteiger partial charge is 0.262 e. The van der Waals surface area contributed by atoms with Gasteiger partial charge >= 0.3 is 0 Å². The van der Waals surface area contributed by atoms with Crippen LogP contribution in [-0.2, 0) is 10.0 Å². The second-order valence-electron chi connectivity index (χ2n) is 4.67. The SMILES string of the molecule is O=S(=O)(Nc1cc(O)n(O)c1O)c1ccc2ccccc2c1. The lowest BCUT2D eigenvalue weighted by Gasteiger charge is -2.08. The van der Waals surface area contributed by atoms with Crippen LogP contribution in [0.4, 0.5) is 5.69 Å². The summed E-state index contributed by atoms with van der Waals surface area (Å²) in [5, 5.41) is 29.6. The number of aromatic hydroxyl groups is 2. The molecule has 2 aromatic carbocycles. The average Bonchev–Trinajstić information content (AvgIpc) is 2.73. The molecule has 22 heavy (non-hydrogen) atoms. The van der Waals surface area contributed by atoms with E-state index in [1.165, 1.54) is 12.1 Å². The monoisotopic (exact) mass is 320 g/mol. The standard InChI is InChI=1S/C14H12N2O5S/c17-13-8-12(14(18)16(13)19)15-22(20,21)11-6-5-9-3-1-2-4-10(9)7-11/h1-8,15,17-19H. The van der Waals surface area contributed by atoms with Crippen molar-refractivity contribution in [3.05, 3.63) is 48.5 Å². The Morgan fingerprint density at radius 2 is 1.64 bits per heavy atom. The molecule has 0 atom stereocenters. The third kappa shape index (κ3) is 2.29. The summed E-state index contributed by atoms with van der Waals surface area (Å²) in [6.07, 6.45) is 0. The van der Waals surface area contributed by atoms with Gasteiger partial charge in [-0.25, -0.2) is 8.42 Å². The van der Waals surface area contributed by atoms with E-state index in [0.29, 0.717) is 0 Å². The van der Waals surface area contributed by atoms with E-state index in [2.05, 4.69) is 4.72 Å². The topological polar surface area (TPSA) is 112 Å². The maximum atomic E-state index is 12.3. The molecule has 3 aromatic rings. The van der Waals surface area contributed by atoms with Crippen molar-refractivity contribution < 1.29 is 23.8 Å². The first-order chi connectivity index (χ1) is 10.4. The van der Waals surface area contributed by atoms with E-state index < -0.39 is 21.8 Å². The molecule has 0 saturated heterocycles. The predicted molar refractivity (Wildman–Crippen MR) is 79.7 cm³/mol. The van der Waals surface area contributed by atoms with Gasteiger partial charge in [-0.1, -0.05) is 30.3 Å². The zero-order valence-corrected chi connectivity index (χ0v) is 11.9. The van der Waals surface area contributed by atoms with E-state index in [1.807, 2.05) is 12.1 Å². The van der Waals surface area contributed by atoms with E-state index in [0.717, 1.165) is 16.8 Å². The number of fused-ring (bicyclic) bond motifs is 1. The van der Waals surface area contributed by atoms with E-state index >= 15 is 0 Å². The van der Waals surface area contributed by atoms with Crippen molar-refractivity contribution in [1.29, 1.82) is 0 Å². The van der Waals surface area contributed by atoms with E-state index in [1.54, 1.807) is 18.2 Å². The number of nitrogens with one attached hydrogen (secondary N) is 1. The van der Waals surface area contributed by atoms with Crippen molar-refractivity contribution in [2.45, 2.75) is 4.90 Å². The first kappa shape index (κ1) is 14.1. The van der Waals surface area contributed by atoms with Gasteiger partial charge in [-0.2, -0.15) is 0 Å². The lowest BCUT2D eigenvalue weighted by Crippen LogP contribution is -2.12. The summed E-state index contributed by atoms with van der Waals surface area (Å²) < 4.78 is 26.8. The zero-order chi connectivity index (χ0) is 15.9. The summed E-state index contributed by atoms with van der Waals surface area (Å²) in [5.41, 5.74) is -0.326. The normalized spacial score (nSPS) is 11.6. The van der Waals surface area contributed by atoms with Crippen LogP contribution in [0.3, 0.4) is 0 Å². The highest BCUT2D eigenvalue weighted by Gasteiger charge is 2.20. The van der Waals surface area contributed by atoms with Gasteiger partial charge in [0.1, 0.15) is 5.69 Å². The number of sulfonamides is 1. The first-order valence-corrected chi connectivity index (χ1v) is 7.71. The lowest BCUT2D eigenvalue weighted by molar-refractivity contribution is 0.131. The zero-order valence-electron chi connectivity index (χ0n) is 11.1. The Morgan fingerprint density at radius 3 is 2.27 bits per heavy atom. The molecule has 0 aliphatic carbocycles. The van der Waals surface area contributed by atoms with Crippen molar-refractivity contribution in [1.82, 2.24) is 4.73 Å². The highest BCUT2D eigenvalue weighted by molar-refractivity contribution is 7.92. The van der Waals surface area contributed by atoms with Crippen LogP contribution in [0.25, 0.3) is 10.8 Å². The molecule has 0 amide bonds. The van der Waals surface area contributed by atoms with Crippen molar-refractivity contribution >= 4 is 26.5 Å². The summed E-state index contributed by atoms with van der Waals surface area (Å²) in [6.45, 7) is 0. The van der Waals surface area contributed by atoms with E-state index in [9.17, 15) is 23.8 Å². The Kier molecular flexibility index (Phi) is 3.10. The fraction of sp³-hybridized carbons (Fsp3) is 0. The number of rotatable bonds is 3. The third-order valence-corrected chi connectivity index (χ3v) is 4.57. The minimum absolute atomic E-state index is 0.00391. The highest BCUT2D eigenvalue weighted by Crippen LogP contribution is 2.32. The molecular weight excluding hydrogens is 308 g/mol. The molecule has 7 nitrogen and oxygen atoms in total.